The number of nitrogens with one attached hydrogen (secondary N) is 1. The molecule has 2 bridgehead atoms. The number of benzene rings is 1. The Morgan fingerprint density at radius 1 is 1.25 bits per heavy atom. The van der Waals surface area contributed by atoms with Crippen molar-refractivity contribution < 1.29 is 4.79 Å². The Balaban J connectivity index is 1.26. The van der Waals surface area contributed by atoms with E-state index in [-0.39, 0.29) is 5.91 Å². The minimum atomic E-state index is 0.158. The molecule has 126 valence electrons. The lowest BCUT2D eigenvalue weighted by molar-refractivity contribution is -0.122. The minimum absolute atomic E-state index is 0.158. The van der Waals surface area contributed by atoms with Gasteiger partial charge in [0.15, 0.2) is 0 Å². The van der Waals surface area contributed by atoms with Gasteiger partial charge < -0.3 is 10.2 Å². The summed E-state index contributed by atoms with van der Waals surface area (Å²) in [7, 11) is 0. The second-order valence-corrected chi connectivity index (χ2v) is 8.68. The van der Waals surface area contributed by atoms with Gasteiger partial charge in [-0.25, -0.2) is 4.98 Å². The van der Waals surface area contributed by atoms with Gasteiger partial charge in [0, 0.05) is 18.5 Å². The minimum Gasteiger partial charge on any atom is -0.352 e. The third-order valence-corrected chi connectivity index (χ3v) is 6.96. The summed E-state index contributed by atoms with van der Waals surface area (Å²) in [6.07, 6.45) is 5.51. The van der Waals surface area contributed by atoms with Gasteiger partial charge in [-0.05, 0) is 62.4 Å². The van der Waals surface area contributed by atoms with Gasteiger partial charge in [0.2, 0.25) is 5.91 Å². The molecule has 2 aromatic rings. The zero-order valence-corrected chi connectivity index (χ0v) is 14.6. The lowest BCUT2D eigenvalue weighted by atomic mass is 9.84. The first-order valence-corrected chi connectivity index (χ1v) is 9.97. The van der Waals surface area contributed by atoms with Gasteiger partial charge in [-0.15, -0.1) is 11.3 Å². The third-order valence-electron chi connectivity index (χ3n) is 5.76. The number of piperidine rings is 3. The van der Waals surface area contributed by atoms with Crippen LogP contribution < -0.4 is 5.32 Å². The lowest BCUT2D eigenvalue weighted by Gasteiger charge is -2.44. The van der Waals surface area contributed by atoms with E-state index in [1.807, 2.05) is 11.3 Å². The van der Waals surface area contributed by atoms with Crippen molar-refractivity contribution >= 4 is 27.5 Å². The van der Waals surface area contributed by atoms with Crippen molar-refractivity contribution in [2.24, 2.45) is 5.92 Å². The standard InChI is InChI=1S/C19H23N3OS/c23-18(20-16-11-22-7-5-13(16)6-8-22)10-12-1-4-17-15(9-12)21-19(24-17)14-2-3-14/h1,4,9,13-14,16H,2-3,5-8,10-11H2,(H,20,23)/t16-/m0/s1. The molecule has 4 heterocycles. The number of nitrogens with zero attached hydrogens (tertiary/aromatic N) is 2. The molecule has 3 saturated heterocycles. The largest absolute Gasteiger partial charge is 0.352 e. The van der Waals surface area contributed by atoms with E-state index in [0.29, 0.717) is 24.3 Å². The highest BCUT2D eigenvalue weighted by Gasteiger charge is 2.34. The van der Waals surface area contributed by atoms with Gasteiger partial charge in [-0.3, -0.25) is 4.79 Å². The van der Waals surface area contributed by atoms with Crippen LogP contribution in [0.4, 0.5) is 0 Å². The van der Waals surface area contributed by atoms with Crippen molar-refractivity contribution in [3.05, 3.63) is 28.8 Å². The molecule has 4 aliphatic rings. The van der Waals surface area contributed by atoms with E-state index in [9.17, 15) is 4.79 Å². The highest BCUT2D eigenvalue weighted by molar-refractivity contribution is 7.18. The molecule has 5 heteroatoms. The third kappa shape index (κ3) is 2.84. The van der Waals surface area contributed by atoms with E-state index in [2.05, 4.69) is 28.4 Å². The summed E-state index contributed by atoms with van der Waals surface area (Å²) >= 11 is 1.81. The Kier molecular flexibility index (Phi) is 3.60. The van der Waals surface area contributed by atoms with Crippen LogP contribution in [0.15, 0.2) is 18.2 Å². The molecule has 0 unspecified atom stereocenters. The molecule has 1 aromatic carbocycles. The highest BCUT2D eigenvalue weighted by Crippen LogP contribution is 2.43. The number of carbonyl (C=O) groups is 1. The molecule has 0 radical (unpaired) electrons. The SMILES string of the molecule is O=C(Cc1ccc2sc(C3CC3)nc2c1)N[C@H]1CN2CCC1CC2. The topological polar surface area (TPSA) is 45.2 Å². The van der Waals surface area contributed by atoms with Crippen molar-refractivity contribution in [1.82, 2.24) is 15.2 Å². The van der Waals surface area contributed by atoms with Crippen molar-refractivity contribution in [3.63, 3.8) is 0 Å². The molecule has 1 saturated carbocycles. The Morgan fingerprint density at radius 2 is 2.08 bits per heavy atom. The van der Waals surface area contributed by atoms with Crippen LogP contribution in [0.25, 0.3) is 10.2 Å². The lowest BCUT2D eigenvalue weighted by Crippen LogP contribution is -2.57. The molecule has 3 aliphatic heterocycles. The van der Waals surface area contributed by atoms with Gasteiger partial charge in [0.25, 0.3) is 0 Å². The van der Waals surface area contributed by atoms with Crippen molar-refractivity contribution in [3.8, 4) is 0 Å². The summed E-state index contributed by atoms with van der Waals surface area (Å²) in [5.74, 6) is 1.54. The van der Waals surface area contributed by atoms with Crippen LogP contribution in [0.1, 0.15) is 42.2 Å². The number of hydrogen-bond donors (Lipinski definition) is 1. The number of fused-ring (bicyclic) bond motifs is 4. The van der Waals surface area contributed by atoms with Crippen molar-refractivity contribution in [2.75, 3.05) is 19.6 Å². The predicted molar refractivity (Wildman–Crippen MR) is 96.4 cm³/mol. The first-order valence-electron chi connectivity index (χ1n) is 9.16. The molecule has 4 fully saturated rings. The second kappa shape index (κ2) is 5.81. The van der Waals surface area contributed by atoms with Crippen LogP contribution in [-0.4, -0.2) is 41.5 Å². The van der Waals surface area contributed by atoms with Crippen LogP contribution in [0.3, 0.4) is 0 Å². The van der Waals surface area contributed by atoms with Crippen LogP contribution in [0.2, 0.25) is 0 Å². The summed E-state index contributed by atoms with van der Waals surface area (Å²) < 4.78 is 1.25. The van der Waals surface area contributed by atoms with E-state index in [4.69, 9.17) is 4.98 Å². The van der Waals surface area contributed by atoms with E-state index < -0.39 is 0 Å². The summed E-state index contributed by atoms with van der Waals surface area (Å²) in [5, 5.41) is 4.56. The van der Waals surface area contributed by atoms with Crippen molar-refractivity contribution in [2.45, 2.75) is 44.1 Å². The molecule has 24 heavy (non-hydrogen) atoms. The van der Waals surface area contributed by atoms with Gasteiger partial charge >= 0.3 is 0 Å². The summed E-state index contributed by atoms with van der Waals surface area (Å²) in [5.41, 5.74) is 2.14. The normalized spacial score (nSPS) is 29.1. The van der Waals surface area contributed by atoms with Gasteiger partial charge in [0.05, 0.1) is 21.6 Å². The molecule has 0 spiro atoms. The monoisotopic (exact) mass is 341 g/mol. The summed E-state index contributed by atoms with van der Waals surface area (Å²) in [4.78, 5) is 19.7. The smallest absolute Gasteiger partial charge is 0.224 e. The number of amides is 1. The maximum atomic E-state index is 12.5. The zero-order valence-electron chi connectivity index (χ0n) is 13.8. The molecule has 6 rings (SSSR count). The molecule has 4 nitrogen and oxygen atoms in total. The van der Waals surface area contributed by atoms with Gasteiger partial charge in [-0.1, -0.05) is 6.07 Å². The quantitative estimate of drug-likeness (QED) is 0.930. The summed E-state index contributed by atoms with van der Waals surface area (Å²) in [6, 6.07) is 6.68. The fourth-order valence-electron chi connectivity index (χ4n) is 4.18. The van der Waals surface area contributed by atoms with Crippen LogP contribution in [0.5, 0.6) is 0 Å². The second-order valence-electron chi connectivity index (χ2n) is 7.62. The number of carbonyl (C=O) groups excluding carboxylic acids is 1. The molecular formula is C19H23N3OS. The average molecular weight is 341 g/mol. The Hall–Kier alpha value is -1.46. The maximum absolute atomic E-state index is 12.5. The Labute approximate surface area is 146 Å². The van der Waals surface area contributed by atoms with Crippen LogP contribution in [0, 0.1) is 5.92 Å². The Bertz CT molecular complexity index is 774. The number of hydrogen-bond acceptors (Lipinski definition) is 4. The van der Waals surface area contributed by atoms with Gasteiger partial charge in [-0.2, -0.15) is 0 Å². The van der Waals surface area contributed by atoms with E-state index in [1.165, 1.54) is 48.5 Å². The van der Waals surface area contributed by atoms with Crippen LogP contribution >= 0.6 is 11.3 Å². The molecular weight excluding hydrogens is 318 g/mol. The van der Waals surface area contributed by atoms with Crippen molar-refractivity contribution in [1.29, 1.82) is 0 Å². The number of aromatic nitrogens is 1. The Morgan fingerprint density at radius 3 is 2.79 bits per heavy atom. The van der Waals surface area contributed by atoms with E-state index in [0.717, 1.165) is 17.6 Å². The predicted octanol–water partition coefficient (Wildman–Crippen LogP) is 2.93. The fraction of sp³-hybridized carbons (Fsp3) is 0.579. The van der Waals surface area contributed by atoms with Gasteiger partial charge in [0.1, 0.15) is 0 Å². The molecule has 1 aromatic heterocycles. The van der Waals surface area contributed by atoms with E-state index >= 15 is 0 Å². The fourth-order valence-corrected chi connectivity index (χ4v) is 5.29. The van der Waals surface area contributed by atoms with Crippen LogP contribution in [-0.2, 0) is 11.2 Å². The van der Waals surface area contributed by atoms with E-state index in [1.54, 1.807) is 0 Å². The first kappa shape index (κ1) is 14.8. The maximum Gasteiger partial charge on any atom is 0.224 e. The number of thiazole rings is 1. The molecule has 1 aliphatic carbocycles. The first-order chi connectivity index (χ1) is 11.7. The average Bonchev–Trinajstić information content (AvgIpc) is 3.35. The molecule has 1 atom stereocenters. The highest BCUT2D eigenvalue weighted by atomic mass is 32.1. The zero-order chi connectivity index (χ0) is 16.1. The molecule has 1 N–H and O–H groups in total. The number of rotatable bonds is 4. The molecule has 1 amide bonds. The summed E-state index contributed by atoms with van der Waals surface area (Å²) in [6.45, 7) is 3.45.